The van der Waals surface area contributed by atoms with Gasteiger partial charge in [0.15, 0.2) is 0 Å². The Morgan fingerprint density at radius 2 is 2.42 bits per heavy atom. The van der Waals surface area contributed by atoms with Crippen LogP contribution in [0.25, 0.3) is 0 Å². The van der Waals surface area contributed by atoms with Crippen molar-refractivity contribution in [2.24, 2.45) is 5.73 Å². The van der Waals surface area contributed by atoms with E-state index in [-0.39, 0.29) is 11.8 Å². The molecule has 1 rings (SSSR count). The highest BCUT2D eigenvalue weighted by molar-refractivity contribution is 14.1. The number of hydrogen-bond donors (Lipinski definition) is 2. The van der Waals surface area contributed by atoms with Crippen molar-refractivity contribution in [3.63, 3.8) is 0 Å². The van der Waals surface area contributed by atoms with Gasteiger partial charge in [-0.2, -0.15) is 0 Å². The molecule has 1 aromatic heterocycles. The molecular weight excluding hydrogens is 267 g/mol. The molecule has 3 nitrogen and oxygen atoms in total. The zero-order valence-corrected chi connectivity index (χ0v) is 8.95. The molecule has 0 amide bonds. The number of pyridine rings is 1. The lowest BCUT2D eigenvalue weighted by atomic mass is 10.1. The Morgan fingerprint density at radius 3 is 2.92 bits per heavy atom. The molecule has 0 radical (unpaired) electrons. The molecule has 0 aromatic carbocycles. The number of hydrogen-bond acceptors (Lipinski definition) is 3. The highest BCUT2D eigenvalue weighted by atomic mass is 127. The molecule has 66 valence electrons. The lowest BCUT2D eigenvalue weighted by Gasteiger charge is -2.09. The maximum absolute atomic E-state index is 9.45. The molecule has 3 N–H and O–H groups in total. The maximum Gasteiger partial charge on any atom is 0.139 e. The molecule has 1 heterocycles. The summed E-state index contributed by atoms with van der Waals surface area (Å²) in [6, 6.07) is 1.50. The predicted octanol–water partition coefficient (Wildman–Crippen LogP) is 1.80. The van der Waals surface area contributed by atoms with Gasteiger partial charge in [-0.15, -0.1) is 0 Å². The summed E-state index contributed by atoms with van der Waals surface area (Å²) < 4.78 is 0.914. The van der Waals surface area contributed by atoms with Crippen molar-refractivity contribution >= 4 is 22.6 Å². The molecule has 0 fully saturated rings. The first-order valence-corrected chi connectivity index (χ1v) is 4.83. The minimum absolute atomic E-state index is 0.165. The normalized spacial score (nSPS) is 12.9. The number of aromatic hydroxyl groups is 1. The van der Waals surface area contributed by atoms with Gasteiger partial charge < -0.3 is 10.8 Å². The Labute approximate surface area is 85.1 Å². The Bertz CT molecular complexity index is 278. The van der Waals surface area contributed by atoms with Gasteiger partial charge in [-0.25, -0.2) is 0 Å². The quantitative estimate of drug-likeness (QED) is 0.811. The third-order valence-electron chi connectivity index (χ3n) is 1.66. The van der Waals surface area contributed by atoms with E-state index in [0.29, 0.717) is 5.69 Å². The average molecular weight is 278 g/mol. The Hall–Kier alpha value is -0.360. The first-order chi connectivity index (χ1) is 5.65. The van der Waals surface area contributed by atoms with Crippen molar-refractivity contribution < 1.29 is 5.11 Å². The van der Waals surface area contributed by atoms with E-state index in [9.17, 15) is 5.11 Å². The largest absolute Gasteiger partial charge is 0.506 e. The van der Waals surface area contributed by atoms with Gasteiger partial charge in [-0.3, -0.25) is 4.98 Å². The molecule has 0 saturated carbocycles. The molecule has 0 aliphatic heterocycles. The minimum atomic E-state index is -0.165. The van der Waals surface area contributed by atoms with Crippen LogP contribution in [0.5, 0.6) is 5.75 Å². The number of nitrogens with zero attached hydrogens (tertiary/aromatic N) is 1. The summed E-state index contributed by atoms with van der Waals surface area (Å²) in [4.78, 5) is 4.07. The van der Waals surface area contributed by atoms with Gasteiger partial charge in [0, 0.05) is 9.77 Å². The first kappa shape index (κ1) is 9.73. The monoisotopic (exact) mass is 278 g/mol. The summed E-state index contributed by atoms with van der Waals surface area (Å²) in [5, 5.41) is 9.45. The van der Waals surface area contributed by atoms with E-state index in [1.165, 1.54) is 0 Å². The SMILES string of the molecule is CC[C@H](N)c1ncc(I)cc1O. The zero-order chi connectivity index (χ0) is 9.14. The van der Waals surface area contributed by atoms with Crippen LogP contribution in [0.1, 0.15) is 25.1 Å². The summed E-state index contributed by atoms with van der Waals surface area (Å²) in [5.74, 6) is 0.191. The lowest BCUT2D eigenvalue weighted by Crippen LogP contribution is -2.10. The number of aromatic nitrogens is 1. The van der Waals surface area contributed by atoms with E-state index >= 15 is 0 Å². The fourth-order valence-corrected chi connectivity index (χ4v) is 1.35. The molecule has 1 aromatic rings. The number of nitrogens with two attached hydrogens (primary N) is 1. The summed E-state index contributed by atoms with van der Waals surface area (Å²) in [7, 11) is 0. The standard InChI is InChI=1S/C8H11IN2O/c1-2-6(10)8-7(12)3-5(9)4-11-8/h3-4,6,12H,2,10H2,1H3/t6-/m0/s1. The van der Waals surface area contributed by atoms with E-state index in [1.807, 2.05) is 6.92 Å². The van der Waals surface area contributed by atoms with Crippen molar-refractivity contribution in [2.45, 2.75) is 19.4 Å². The molecule has 0 spiro atoms. The lowest BCUT2D eigenvalue weighted by molar-refractivity contribution is 0.454. The second-order valence-corrected chi connectivity index (χ2v) is 3.82. The molecule has 0 aliphatic carbocycles. The molecule has 0 unspecified atom stereocenters. The molecule has 0 aliphatic rings. The second-order valence-electron chi connectivity index (χ2n) is 2.57. The van der Waals surface area contributed by atoms with Gasteiger partial charge in [0.1, 0.15) is 5.75 Å². The Kier molecular flexibility index (Phi) is 3.28. The van der Waals surface area contributed by atoms with E-state index in [4.69, 9.17) is 5.73 Å². The zero-order valence-electron chi connectivity index (χ0n) is 6.79. The minimum Gasteiger partial charge on any atom is -0.506 e. The highest BCUT2D eigenvalue weighted by Crippen LogP contribution is 2.23. The molecule has 0 saturated heterocycles. The van der Waals surface area contributed by atoms with Crippen LogP contribution in [0.4, 0.5) is 0 Å². The number of rotatable bonds is 2. The van der Waals surface area contributed by atoms with Crippen molar-refractivity contribution in [3.05, 3.63) is 21.5 Å². The van der Waals surface area contributed by atoms with Crippen molar-refractivity contribution in [1.29, 1.82) is 0 Å². The highest BCUT2D eigenvalue weighted by Gasteiger charge is 2.09. The average Bonchev–Trinajstić information content (AvgIpc) is 2.03. The second kappa shape index (κ2) is 4.04. The van der Waals surface area contributed by atoms with Crippen molar-refractivity contribution in [1.82, 2.24) is 4.98 Å². The van der Waals surface area contributed by atoms with Gasteiger partial charge in [-0.1, -0.05) is 6.92 Å². The summed E-state index contributed by atoms with van der Waals surface area (Å²) in [6.45, 7) is 1.96. The Balaban J connectivity index is 3.01. The number of halogens is 1. The Morgan fingerprint density at radius 1 is 1.75 bits per heavy atom. The molecule has 4 heteroatoms. The van der Waals surface area contributed by atoms with Crippen LogP contribution in [0.2, 0.25) is 0 Å². The van der Waals surface area contributed by atoms with Crippen LogP contribution < -0.4 is 5.73 Å². The fraction of sp³-hybridized carbons (Fsp3) is 0.375. The van der Waals surface area contributed by atoms with E-state index in [2.05, 4.69) is 27.6 Å². The third-order valence-corrected chi connectivity index (χ3v) is 2.24. The smallest absolute Gasteiger partial charge is 0.139 e. The van der Waals surface area contributed by atoms with Crippen molar-refractivity contribution in [3.8, 4) is 5.75 Å². The fourth-order valence-electron chi connectivity index (χ4n) is 0.918. The topological polar surface area (TPSA) is 59.1 Å². The molecule has 12 heavy (non-hydrogen) atoms. The summed E-state index contributed by atoms with van der Waals surface area (Å²) in [6.07, 6.45) is 2.48. The maximum atomic E-state index is 9.45. The molecule has 0 bridgehead atoms. The van der Waals surface area contributed by atoms with Gasteiger partial charge >= 0.3 is 0 Å². The van der Waals surface area contributed by atoms with E-state index < -0.39 is 0 Å². The predicted molar refractivity (Wildman–Crippen MR) is 55.8 cm³/mol. The van der Waals surface area contributed by atoms with Crippen LogP contribution >= 0.6 is 22.6 Å². The van der Waals surface area contributed by atoms with Crippen molar-refractivity contribution in [2.75, 3.05) is 0 Å². The molecule has 1 atom stereocenters. The van der Waals surface area contributed by atoms with Gasteiger partial charge in [0.25, 0.3) is 0 Å². The van der Waals surface area contributed by atoms with Gasteiger partial charge in [-0.05, 0) is 35.1 Å². The van der Waals surface area contributed by atoms with Crippen LogP contribution in [0, 0.1) is 3.57 Å². The van der Waals surface area contributed by atoms with Gasteiger partial charge in [0.05, 0.1) is 11.7 Å². The van der Waals surface area contributed by atoms with E-state index in [0.717, 1.165) is 9.99 Å². The van der Waals surface area contributed by atoms with Crippen LogP contribution in [-0.2, 0) is 0 Å². The third kappa shape index (κ3) is 2.07. The van der Waals surface area contributed by atoms with Gasteiger partial charge in [0.2, 0.25) is 0 Å². The van der Waals surface area contributed by atoms with Crippen LogP contribution in [-0.4, -0.2) is 10.1 Å². The van der Waals surface area contributed by atoms with Crippen LogP contribution in [0.15, 0.2) is 12.3 Å². The summed E-state index contributed by atoms with van der Waals surface area (Å²) in [5.41, 5.74) is 6.30. The van der Waals surface area contributed by atoms with E-state index in [1.54, 1.807) is 12.3 Å². The summed E-state index contributed by atoms with van der Waals surface area (Å²) >= 11 is 2.09. The molecular formula is C8H11IN2O. The van der Waals surface area contributed by atoms with Crippen LogP contribution in [0.3, 0.4) is 0 Å². The first-order valence-electron chi connectivity index (χ1n) is 3.75.